The minimum absolute atomic E-state index is 0.0764. The molecule has 0 bridgehead atoms. The molecule has 7 nitrogen and oxygen atoms in total. The van der Waals surface area contributed by atoms with Crippen LogP contribution in [0.5, 0.6) is 0 Å². The highest BCUT2D eigenvalue weighted by atomic mass is 16.5. The molecule has 15 heavy (non-hydrogen) atoms. The SMILES string of the molecule is [O-][n+]1ccnc([C@@H](O)[C@H](O)[C@H](O)CO)c1. The smallest absolute Gasteiger partial charge is 0.204 e. The molecule has 1 heterocycles. The summed E-state index contributed by atoms with van der Waals surface area (Å²) in [4.78, 5) is 3.65. The average molecular weight is 216 g/mol. The largest absolute Gasteiger partial charge is 0.619 e. The second-order valence-electron chi connectivity index (χ2n) is 3.03. The maximum Gasteiger partial charge on any atom is 0.204 e. The summed E-state index contributed by atoms with van der Waals surface area (Å²) in [6.07, 6.45) is -1.35. The summed E-state index contributed by atoms with van der Waals surface area (Å²) in [5.41, 5.74) is -0.0764. The Labute approximate surface area is 85.5 Å². The van der Waals surface area contributed by atoms with Crippen LogP contribution in [0.4, 0.5) is 0 Å². The first-order valence-electron chi connectivity index (χ1n) is 4.26. The van der Waals surface area contributed by atoms with Crippen molar-refractivity contribution in [1.29, 1.82) is 0 Å². The maximum absolute atomic E-state index is 10.8. The van der Waals surface area contributed by atoms with E-state index in [-0.39, 0.29) is 5.69 Å². The van der Waals surface area contributed by atoms with Gasteiger partial charge in [0.1, 0.15) is 24.0 Å². The molecule has 0 unspecified atom stereocenters. The number of hydrogen-bond donors (Lipinski definition) is 4. The third-order valence-corrected chi connectivity index (χ3v) is 1.90. The van der Waals surface area contributed by atoms with Gasteiger partial charge in [0.15, 0.2) is 6.20 Å². The van der Waals surface area contributed by atoms with Gasteiger partial charge in [0, 0.05) is 0 Å². The molecule has 0 radical (unpaired) electrons. The highest BCUT2D eigenvalue weighted by molar-refractivity contribution is 4.99. The summed E-state index contributed by atoms with van der Waals surface area (Å²) in [5.74, 6) is 0. The normalized spacial score (nSPS) is 17.1. The van der Waals surface area contributed by atoms with Gasteiger partial charge in [-0.05, 0) is 0 Å². The fourth-order valence-corrected chi connectivity index (χ4v) is 1.04. The van der Waals surface area contributed by atoms with E-state index in [1.54, 1.807) is 0 Å². The molecular formula is C8H12N2O5. The Bertz CT molecular complexity index is 322. The minimum atomic E-state index is -1.59. The topological polar surface area (TPSA) is 121 Å². The standard InChI is InChI=1S/C8H12N2O5/c11-4-6(12)8(14)7(13)5-3-10(15)2-1-9-5/h1-3,6-8,11-14H,4H2/t6-,7-,8-/m1/s1. The van der Waals surface area contributed by atoms with Gasteiger partial charge in [-0.2, -0.15) is 4.73 Å². The lowest BCUT2D eigenvalue weighted by molar-refractivity contribution is -0.606. The summed E-state index contributed by atoms with van der Waals surface area (Å²) in [5, 5.41) is 47.2. The van der Waals surface area contributed by atoms with Crippen molar-refractivity contribution in [2.75, 3.05) is 6.61 Å². The molecule has 0 saturated heterocycles. The van der Waals surface area contributed by atoms with E-state index >= 15 is 0 Å². The van der Waals surface area contributed by atoms with Gasteiger partial charge in [-0.1, -0.05) is 0 Å². The predicted octanol–water partition coefficient (Wildman–Crippen LogP) is -2.54. The molecule has 84 valence electrons. The van der Waals surface area contributed by atoms with Crippen molar-refractivity contribution < 1.29 is 25.2 Å². The molecule has 0 saturated carbocycles. The molecule has 1 aromatic rings. The highest BCUT2D eigenvalue weighted by Gasteiger charge is 2.27. The van der Waals surface area contributed by atoms with Crippen LogP contribution in [0.3, 0.4) is 0 Å². The van der Waals surface area contributed by atoms with Crippen LogP contribution < -0.4 is 4.73 Å². The number of nitrogens with zero attached hydrogens (tertiary/aromatic N) is 2. The zero-order valence-corrected chi connectivity index (χ0v) is 7.76. The van der Waals surface area contributed by atoms with Crippen LogP contribution in [0, 0.1) is 5.21 Å². The molecule has 3 atom stereocenters. The van der Waals surface area contributed by atoms with Crippen molar-refractivity contribution in [2.45, 2.75) is 18.3 Å². The number of aliphatic hydroxyl groups is 4. The highest BCUT2D eigenvalue weighted by Crippen LogP contribution is 2.15. The number of hydrogen-bond acceptors (Lipinski definition) is 6. The van der Waals surface area contributed by atoms with E-state index < -0.39 is 24.9 Å². The van der Waals surface area contributed by atoms with Crippen molar-refractivity contribution in [3.05, 3.63) is 29.5 Å². The molecule has 0 spiro atoms. The van der Waals surface area contributed by atoms with Crippen LogP contribution in [-0.4, -0.2) is 44.2 Å². The molecule has 4 N–H and O–H groups in total. The van der Waals surface area contributed by atoms with Gasteiger partial charge in [0.25, 0.3) is 0 Å². The molecule has 0 aliphatic rings. The molecule has 0 aromatic carbocycles. The van der Waals surface area contributed by atoms with E-state index in [0.29, 0.717) is 4.73 Å². The first-order valence-corrected chi connectivity index (χ1v) is 4.26. The Balaban J connectivity index is 2.80. The molecular weight excluding hydrogens is 204 g/mol. The number of aliphatic hydroxyl groups excluding tert-OH is 4. The van der Waals surface area contributed by atoms with Crippen LogP contribution in [0.25, 0.3) is 0 Å². The van der Waals surface area contributed by atoms with Gasteiger partial charge in [-0.25, -0.2) is 4.98 Å². The summed E-state index contributed by atoms with van der Waals surface area (Å²) in [6.45, 7) is -0.692. The zero-order valence-electron chi connectivity index (χ0n) is 7.76. The Kier molecular flexibility index (Phi) is 3.92. The maximum atomic E-state index is 10.8. The fraction of sp³-hybridized carbons (Fsp3) is 0.500. The summed E-state index contributed by atoms with van der Waals surface area (Å²) in [7, 11) is 0. The molecule has 0 aliphatic heterocycles. The average Bonchev–Trinajstić information content (AvgIpc) is 2.26. The second-order valence-corrected chi connectivity index (χ2v) is 3.03. The van der Waals surface area contributed by atoms with E-state index in [1.807, 2.05) is 0 Å². The third kappa shape index (κ3) is 2.83. The summed E-state index contributed by atoms with van der Waals surface area (Å²) in [6, 6.07) is 0. The fourth-order valence-electron chi connectivity index (χ4n) is 1.04. The van der Waals surface area contributed by atoms with Gasteiger partial charge < -0.3 is 25.6 Å². The number of rotatable bonds is 4. The van der Waals surface area contributed by atoms with Gasteiger partial charge in [-0.15, -0.1) is 0 Å². The molecule has 0 aliphatic carbocycles. The van der Waals surface area contributed by atoms with Crippen LogP contribution >= 0.6 is 0 Å². The predicted molar refractivity (Wildman–Crippen MR) is 47.3 cm³/mol. The Morgan fingerprint density at radius 1 is 1.40 bits per heavy atom. The van der Waals surface area contributed by atoms with Crippen LogP contribution in [0.15, 0.2) is 18.6 Å². The van der Waals surface area contributed by atoms with Crippen molar-refractivity contribution in [2.24, 2.45) is 0 Å². The Hall–Kier alpha value is -1.28. The van der Waals surface area contributed by atoms with Gasteiger partial charge >= 0.3 is 0 Å². The number of aromatic nitrogens is 2. The Morgan fingerprint density at radius 3 is 2.60 bits per heavy atom. The molecule has 1 aromatic heterocycles. The molecule has 0 fully saturated rings. The quantitative estimate of drug-likeness (QED) is 0.325. The first-order chi connectivity index (χ1) is 7.06. The van der Waals surface area contributed by atoms with E-state index in [4.69, 9.17) is 10.2 Å². The van der Waals surface area contributed by atoms with Gasteiger partial charge in [0.2, 0.25) is 6.20 Å². The van der Waals surface area contributed by atoms with Gasteiger partial charge in [0.05, 0.1) is 12.8 Å². The lowest BCUT2D eigenvalue weighted by Crippen LogP contribution is -2.36. The van der Waals surface area contributed by atoms with Gasteiger partial charge in [-0.3, -0.25) is 0 Å². The summed E-state index contributed by atoms with van der Waals surface area (Å²) < 4.78 is 0.406. The van der Waals surface area contributed by atoms with Crippen molar-refractivity contribution in [1.82, 2.24) is 4.98 Å². The second kappa shape index (κ2) is 4.99. The van der Waals surface area contributed by atoms with E-state index in [9.17, 15) is 15.4 Å². The summed E-state index contributed by atoms with van der Waals surface area (Å²) >= 11 is 0. The third-order valence-electron chi connectivity index (χ3n) is 1.90. The van der Waals surface area contributed by atoms with Crippen molar-refractivity contribution >= 4 is 0 Å². The lowest BCUT2D eigenvalue weighted by atomic mass is 10.1. The monoisotopic (exact) mass is 216 g/mol. The Morgan fingerprint density at radius 2 is 2.07 bits per heavy atom. The minimum Gasteiger partial charge on any atom is -0.619 e. The van der Waals surface area contributed by atoms with E-state index in [0.717, 1.165) is 18.6 Å². The zero-order chi connectivity index (χ0) is 11.4. The van der Waals surface area contributed by atoms with E-state index in [2.05, 4.69) is 4.98 Å². The van der Waals surface area contributed by atoms with Crippen LogP contribution in [-0.2, 0) is 0 Å². The molecule has 7 heteroatoms. The van der Waals surface area contributed by atoms with Crippen molar-refractivity contribution in [3.8, 4) is 0 Å². The van der Waals surface area contributed by atoms with E-state index in [1.165, 1.54) is 0 Å². The lowest BCUT2D eigenvalue weighted by Gasteiger charge is -2.20. The van der Waals surface area contributed by atoms with Crippen LogP contribution in [0.2, 0.25) is 0 Å². The van der Waals surface area contributed by atoms with Crippen LogP contribution in [0.1, 0.15) is 11.8 Å². The molecule has 0 amide bonds. The van der Waals surface area contributed by atoms with Crippen molar-refractivity contribution in [3.63, 3.8) is 0 Å². The molecule has 1 rings (SSSR count). The first kappa shape index (κ1) is 11.8.